The number of nitrogens with one attached hydrogen (secondary N) is 2. The molecule has 6 heteroatoms. The summed E-state index contributed by atoms with van der Waals surface area (Å²) in [5.74, 6) is 6.15. The van der Waals surface area contributed by atoms with Gasteiger partial charge in [-0.25, -0.2) is 0 Å². The van der Waals surface area contributed by atoms with Gasteiger partial charge in [-0.15, -0.1) is 0 Å². The summed E-state index contributed by atoms with van der Waals surface area (Å²) < 4.78 is 5.88. The van der Waals surface area contributed by atoms with Crippen molar-refractivity contribution in [2.75, 3.05) is 6.61 Å². The summed E-state index contributed by atoms with van der Waals surface area (Å²) in [7, 11) is 0. The van der Waals surface area contributed by atoms with E-state index < -0.39 is 6.04 Å². The van der Waals surface area contributed by atoms with Gasteiger partial charge in [0.05, 0.1) is 29.9 Å². The minimum atomic E-state index is -0.485. The highest BCUT2D eigenvalue weighted by Gasteiger charge is 2.19. The van der Waals surface area contributed by atoms with Crippen LogP contribution < -0.4 is 10.1 Å². The first-order chi connectivity index (χ1) is 17.5. The van der Waals surface area contributed by atoms with E-state index in [0.29, 0.717) is 34.4 Å². The fraction of sp³-hybridized carbons (Fsp3) is 0.200. The summed E-state index contributed by atoms with van der Waals surface area (Å²) in [6, 6.07) is 21.9. The number of aliphatic hydroxyl groups excluding tert-OH is 1. The molecule has 36 heavy (non-hydrogen) atoms. The third kappa shape index (κ3) is 5.75. The molecule has 1 amide bonds. The third-order valence-corrected chi connectivity index (χ3v) is 5.67. The van der Waals surface area contributed by atoms with Crippen LogP contribution in [0.15, 0.2) is 72.9 Å². The van der Waals surface area contributed by atoms with E-state index in [1.54, 1.807) is 36.4 Å². The van der Waals surface area contributed by atoms with Gasteiger partial charge in [-0.1, -0.05) is 42.2 Å². The summed E-state index contributed by atoms with van der Waals surface area (Å²) >= 11 is 0. The number of hydrogen-bond donors (Lipinski definition) is 3. The Balaban J connectivity index is 1.60. The molecule has 0 spiro atoms. The number of benzene rings is 3. The van der Waals surface area contributed by atoms with Crippen LogP contribution in [0.4, 0.5) is 0 Å². The van der Waals surface area contributed by atoms with Gasteiger partial charge < -0.3 is 20.1 Å². The lowest BCUT2D eigenvalue weighted by Crippen LogP contribution is -2.39. The van der Waals surface area contributed by atoms with Crippen LogP contribution in [-0.2, 0) is 6.42 Å². The number of carbonyl (C=O) groups excluding carboxylic acids is 1. The molecule has 0 saturated carbocycles. The van der Waals surface area contributed by atoms with E-state index in [4.69, 9.17) is 4.74 Å². The van der Waals surface area contributed by atoms with Crippen LogP contribution in [0.5, 0.6) is 5.75 Å². The van der Waals surface area contributed by atoms with E-state index in [0.717, 1.165) is 16.5 Å². The van der Waals surface area contributed by atoms with E-state index in [1.165, 1.54) is 0 Å². The van der Waals surface area contributed by atoms with Gasteiger partial charge in [0, 0.05) is 28.2 Å². The van der Waals surface area contributed by atoms with Gasteiger partial charge in [0.2, 0.25) is 0 Å². The first kappa shape index (κ1) is 24.6. The second-order valence-electron chi connectivity index (χ2n) is 8.70. The topological polar surface area (TPSA) is 98.1 Å². The zero-order valence-corrected chi connectivity index (χ0v) is 20.2. The predicted octanol–water partition coefficient (Wildman–Crippen LogP) is 4.56. The zero-order valence-electron chi connectivity index (χ0n) is 20.2. The fourth-order valence-corrected chi connectivity index (χ4v) is 3.96. The van der Waals surface area contributed by atoms with Crippen LogP contribution in [0.1, 0.15) is 46.5 Å². The minimum Gasteiger partial charge on any atom is -0.490 e. The molecular formula is C30H27N3O3. The maximum atomic E-state index is 13.3. The molecule has 3 N–H and O–H groups in total. The SMILES string of the molecule is CC(C)Oc1ccc(C#Cc2ccccc2C#N)cc1C(=O)N[C@@H](CO)Cc1c[nH]c2ccccc12. The largest absolute Gasteiger partial charge is 0.490 e. The molecule has 4 rings (SSSR count). The Kier molecular flexibility index (Phi) is 7.70. The van der Waals surface area contributed by atoms with E-state index >= 15 is 0 Å². The Morgan fingerprint density at radius 3 is 2.56 bits per heavy atom. The number of aromatic amines is 1. The number of ether oxygens (including phenoxy) is 1. The van der Waals surface area contributed by atoms with Crippen molar-refractivity contribution in [3.63, 3.8) is 0 Å². The Bertz CT molecular complexity index is 1480. The standard InChI is InChI=1S/C30H27N3O3/c1-20(2)36-29-14-12-21(11-13-22-7-3-4-8-23(22)17-31)15-27(29)30(35)33-25(19-34)16-24-18-32-28-10-6-5-9-26(24)28/h3-10,12,14-15,18,20,25,32,34H,16,19H2,1-2H3,(H,33,35)/t25-/m1/s1. The quantitative estimate of drug-likeness (QED) is 0.340. The molecular weight excluding hydrogens is 450 g/mol. The zero-order chi connectivity index (χ0) is 25.5. The van der Waals surface area contributed by atoms with Crippen LogP contribution in [0.25, 0.3) is 10.9 Å². The van der Waals surface area contributed by atoms with Crippen molar-refractivity contribution in [2.24, 2.45) is 0 Å². The number of H-pyrrole nitrogens is 1. The van der Waals surface area contributed by atoms with Crippen LogP contribution in [0.3, 0.4) is 0 Å². The highest BCUT2D eigenvalue weighted by molar-refractivity contribution is 5.97. The lowest BCUT2D eigenvalue weighted by Gasteiger charge is -2.19. The molecule has 0 bridgehead atoms. The summed E-state index contributed by atoms with van der Waals surface area (Å²) in [5.41, 5.74) is 4.08. The summed E-state index contributed by atoms with van der Waals surface area (Å²) in [6.45, 7) is 3.57. The number of nitriles is 1. The predicted molar refractivity (Wildman–Crippen MR) is 140 cm³/mol. The van der Waals surface area contributed by atoms with Crippen molar-refractivity contribution in [3.05, 3.63) is 101 Å². The summed E-state index contributed by atoms with van der Waals surface area (Å²) in [4.78, 5) is 16.6. The molecule has 0 aliphatic rings. The van der Waals surface area contributed by atoms with Gasteiger partial charge in [-0.3, -0.25) is 4.79 Å². The Hall–Kier alpha value is -4.52. The number of amides is 1. The third-order valence-electron chi connectivity index (χ3n) is 5.67. The number of hydrogen-bond acceptors (Lipinski definition) is 4. The molecule has 1 aromatic heterocycles. The minimum absolute atomic E-state index is 0.129. The average molecular weight is 478 g/mol. The summed E-state index contributed by atoms with van der Waals surface area (Å²) in [5, 5.41) is 23.3. The van der Waals surface area contributed by atoms with E-state index in [9.17, 15) is 15.2 Å². The molecule has 180 valence electrons. The first-order valence-electron chi connectivity index (χ1n) is 11.8. The Labute approximate surface area is 210 Å². The van der Waals surface area contributed by atoms with Gasteiger partial charge in [-0.05, 0) is 62.2 Å². The molecule has 1 atom stereocenters. The van der Waals surface area contributed by atoms with Crippen molar-refractivity contribution >= 4 is 16.8 Å². The number of aliphatic hydroxyl groups is 1. The van der Waals surface area contributed by atoms with Crippen molar-refractivity contribution in [1.29, 1.82) is 5.26 Å². The normalized spacial score (nSPS) is 11.4. The molecule has 3 aromatic carbocycles. The van der Waals surface area contributed by atoms with Crippen molar-refractivity contribution < 1.29 is 14.6 Å². The van der Waals surface area contributed by atoms with E-state index in [-0.39, 0.29) is 18.6 Å². The van der Waals surface area contributed by atoms with Gasteiger partial charge in [0.25, 0.3) is 5.91 Å². The van der Waals surface area contributed by atoms with Crippen LogP contribution in [0.2, 0.25) is 0 Å². The van der Waals surface area contributed by atoms with E-state index in [1.807, 2.05) is 50.4 Å². The maximum Gasteiger partial charge on any atom is 0.255 e. The highest BCUT2D eigenvalue weighted by atomic mass is 16.5. The number of para-hydroxylation sites is 1. The molecule has 4 aromatic rings. The molecule has 0 saturated heterocycles. The molecule has 6 nitrogen and oxygen atoms in total. The van der Waals surface area contributed by atoms with Crippen LogP contribution >= 0.6 is 0 Å². The van der Waals surface area contributed by atoms with Crippen LogP contribution in [0, 0.1) is 23.2 Å². The Morgan fingerprint density at radius 2 is 1.81 bits per heavy atom. The fourth-order valence-electron chi connectivity index (χ4n) is 3.96. The first-order valence-corrected chi connectivity index (χ1v) is 11.8. The Morgan fingerprint density at radius 1 is 1.06 bits per heavy atom. The molecule has 0 aliphatic heterocycles. The van der Waals surface area contributed by atoms with Crippen molar-refractivity contribution in [3.8, 4) is 23.7 Å². The highest BCUT2D eigenvalue weighted by Crippen LogP contribution is 2.23. The molecule has 0 radical (unpaired) electrons. The monoisotopic (exact) mass is 477 g/mol. The summed E-state index contributed by atoms with van der Waals surface area (Å²) in [6.07, 6.45) is 2.25. The van der Waals surface area contributed by atoms with Crippen molar-refractivity contribution in [1.82, 2.24) is 10.3 Å². The molecule has 0 unspecified atom stereocenters. The van der Waals surface area contributed by atoms with Gasteiger partial charge in [0.1, 0.15) is 11.8 Å². The number of aromatic nitrogens is 1. The van der Waals surface area contributed by atoms with Gasteiger partial charge in [-0.2, -0.15) is 5.26 Å². The number of carbonyl (C=O) groups is 1. The van der Waals surface area contributed by atoms with Crippen molar-refractivity contribution in [2.45, 2.75) is 32.4 Å². The smallest absolute Gasteiger partial charge is 0.255 e. The second kappa shape index (κ2) is 11.3. The number of rotatable bonds is 7. The lowest BCUT2D eigenvalue weighted by molar-refractivity contribution is 0.0910. The number of nitrogens with zero attached hydrogens (tertiary/aromatic N) is 1. The van der Waals surface area contributed by atoms with Crippen LogP contribution in [-0.4, -0.2) is 34.8 Å². The van der Waals surface area contributed by atoms with E-state index in [2.05, 4.69) is 28.2 Å². The number of fused-ring (bicyclic) bond motifs is 1. The lowest BCUT2D eigenvalue weighted by atomic mass is 10.0. The average Bonchev–Trinajstić information content (AvgIpc) is 3.30. The second-order valence-corrected chi connectivity index (χ2v) is 8.70. The maximum absolute atomic E-state index is 13.3. The molecule has 0 aliphatic carbocycles. The van der Waals surface area contributed by atoms with Gasteiger partial charge in [0.15, 0.2) is 0 Å². The molecule has 0 fully saturated rings. The van der Waals surface area contributed by atoms with Gasteiger partial charge >= 0.3 is 0 Å². The molecule has 1 heterocycles.